The number of carbonyl (C=O) groups is 1. The molecule has 2 unspecified atom stereocenters. The van der Waals surface area contributed by atoms with Gasteiger partial charge in [0.25, 0.3) is 6.04 Å². The van der Waals surface area contributed by atoms with E-state index < -0.39 is 23.0 Å². The number of nitrogens with zero attached hydrogens (tertiary/aromatic N) is 1. The van der Waals surface area contributed by atoms with Gasteiger partial charge in [0.1, 0.15) is 0 Å². The smallest absolute Gasteiger partial charge is 0.328 e. The van der Waals surface area contributed by atoms with Crippen molar-refractivity contribution in [2.45, 2.75) is 12.1 Å². The van der Waals surface area contributed by atoms with Crippen LogP contribution in [0.4, 0.5) is 0 Å². The summed E-state index contributed by atoms with van der Waals surface area (Å²) in [6.45, 7) is 0. The number of aliphatic carboxylic acids is 1. The molecule has 0 heterocycles. The van der Waals surface area contributed by atoms with Crippen molar-refractivity contribution in [3.05, 3.63) is 46.0 Å². The molecule has 0 fully saturated rings. The van der Waals surface area contributed by atoms with Crippen LogP contribution < -0.4 is 5.73 Å². The summed E-state index contributed by atoms with van der Waals surface area (Å²) in [5.74, 6) is -1.39. The fourth-order valence-electron chi connectivity index (χ4n) is 1.25. The largest absolute Gasteiger partial charge is 0.480 e. The van der Waals surface area contributed by atoms with E-state index in [0.29, 0.717) is 0 Å². The quantitative estimate of drug-likeness (QED) is 0.553. The lowest BCUT2D eigenvalue weighted by atomic mass is 10.0. The number of nitrogens with two attached hydrogens (primary N) is 1. The number of nitro groups is 1. The Balaban J connectivity index is 3.04. The molecule has 0 bridgehead atoms. The molecule has 6 heteroatoms. The molecule has 0 aliphatic carbocycles. The van der Waals surface area contributed by atoms with Crippen molar-refractivity contribution >= 4 is 5.97 Å². The van der Waals surface area contributed by atoms with Crippen molar-refractivity contribution in [1.29, 1.82) is 0 Å². The number of carboxylic acids is 1. The van der Waals surface area contributed by atoms with E-state index in [1.165, 1.54) is 12.1 Å². The summed E-state index contributed by atoms with van der Waals surface area (Å²) in [4.78, 5) is 20.6. The average Bonchev–Trinajstić information content (AvgIpc) is 2.18. The van der Waals surface area contributed by atoms with E-state index in [1.54, 1.807) is 18.2 Å². The number of hydrogen-bond acceptors (Lipinski definition) is 4. The summed E-state index contributed by atoms with van der Waals surface area (Å²) in [5.41, 5.74) is 5.54. The number of benzene rings is 1. The zero-order valence-corrected chi connectivity index (χ0v) is 7.74. The van der Waals surface area contributed by atoms with E-state index in [-0.39, 0.29) is 5.56 Å². The highest BCUT2D eigenvalue weighted by Crippen LogP contribution is 2.19. The molecule has 0 radical (unpaired) electrons. The second-order valence-corrected chi connectivity index (χ2v) is 3.00. The van der Waals surface area contributed by atoms with Gasteiger partial charge in [-0.15, -0.1) is 0 Å². The molecule has 0 amide bonds. The van der Waals surface area contributed by atoms with Crippen molar-refractivity contribution in [1.82, 2.24) is 0 Å². The Kier molecular flexibility index (Phi) is 3.35. The highest BCUT2D eigenvalue weighted by atomic mass is 16.6. The number of rotatable bonds is 4. The highest BCUT2D eigenvalue weighted by molar-refractivity contribution is 5.74. The van der Waals surface area contributed by atoms with Gasteiger partial charge in [0.2, 0.25) is 0 Å². The van der Waals surface area contributed by atoms with E-state index in [2.05, 4.69) is 0 Å². The average molecular weight is 210 g/mol. The summed E-state index contributed by atoms with van der Waals surface area (Å²) < 4.78 is 0. The lowest BCUT2D eigenvalue weighted by Crippen LogP contribution is -2.40. The van der Waals surface area contributed by atoms with Crippen LogP contribution in [0.5, 0.6) is 0 Å². The van der Waals surface area contributed by atoms with Gasteiger partial charge in [-0.05, 0) is 0 Å². The van der Waals surface area contributed by atoms with Crippen LogP contribution in [0.1, 0.15) is 11.6 Å². The van der Waals surface area contributed by atoms with Crippen molar-refractivity contribution in [2.24, 2.45) is 5.73 Å². The molecule has 0 aliphatic rings. The van der Waals surface area contributed by atoms with Gasteiger partial charge in [0.05, 0.1) is 0 Å². The molecule has 1 rings (SSSR count). The van der Waals surface area contributed by atoms with E-state index >= 15 is 0 Å². The van der Waals surface area contributed by atoms with Gasteiger partial charge >= 0.3 is 5.97 Å². The maximum atomic E-state index is 10.7. The minimum Gasteiger partial charge on any atom is -0.480 e. The fraction of sp³-hybridized carbons (Fsp3) is 0.222. The van der Waals surface area contributed by atoms with E-state index in [0.717, 1.165) is 0 Å². The van der Waals surface area contributed by atoms with Crippen molar-refractivity contribution < 1.29 is 14.8 Å². The first-order chi connectivity index (χ1) is 7.04. The summed E-state index contributed by atoms with van der Waals surface area (Å²) in [5, 5.41) is 19.3. The van der Waals surface area contributed by atoms with Gasteiger partial charge in [-0.3, -0.25) is 14.9 Å². The zero-order valence-electron chi connectivity index (χ0n) is 7.74. The third-order valence-electron chi connectivity index (χ3n) is 1.99. The third kappa shape index (κ3) is 2.50. The maximum Gasteiger partial charge on any atom is 0.328 e. The molecule has 3 N–H and O–H groups in total. The summed E-state index contributed by atoms with van der Waals surface area (Å²) in [6, 6.07) is 4.89. The minimum atomic E-state index is -1.54. The molecular weight excluding hydrogens is 200 g/mol. The van der Waals surface area contributed by atoms with Crippen LogP contribution in [0.15, 0.2) is 30.3 Å². The SMILES string of the molecule is NC(C(=O)O)C(c1ccccc1)[N+](=O)[O-]. The van der Waals surface area contributed by atoms with E-state index in [9.17, 15) is 14.9 Å². The molecule has 0 aliphatic heterocycles. The van der Waals surface area contributed by atoms with Crippen molar-refractivity contribution in [3.8, 4) is 0 Å². The zero-order chi connectivity index (χ0) is 11.4. The second-order valence-electron chi connectivity index (χ2n) is 3.00. The lowest BCUT2D eigenvalue weighted by Gasteiger charge is -2.13. The first-order valence-electron chi connectivity index (χ1n) is 4.21. The van der Waals surface area contributed by atoms with E-state index in [4.69, 9.17) is 10.8 Å². The Morgan fingerprint density at radius 2 is 1.93 bits per heavy atom. The van der Waals surface area contributed by atoms with Gasteiger partial charge in [-0.25, -0.2) is 0 Å². The Bertz CT molecular complexity index is 366. The molecule has 6 nitrogen and oxygen atoms in total. The van der Waals surface area contributed by atoms with Crippen LogP contribution in [-0.4, -0.2) is 22.0 Å². The topological polar surface area (TPSA) is 106 Å². The van der Waals surface area contributed by atoms with Gasteiger partial charge in [0.15, 0.2) is 6.04 Å². The second kappa shape index (κ2) is 4.52. The van der Waals surface area contributed by atoms with E-state index in [1.807, 2.05) is 0 Å². The van der Waals surface area contributed by atoms with Gasteiger partial charge in [-0.1, -0.05) is 30.3 Å². The Morgan fingerprint density at radius 1 is 1.40 bits per heavy atom. The molecule has 1 aromatic rings. The molecule has 0 saturated carbocycles. The molecule has 0 aromatic heterocycles. The monoisotopic (exact) mass is 210 g/mol. The highest BCUT2D eigenvalue weighted by Gasteiger charge is 2.35. The molecule has 2 atom stereocenters. The van der Waals surface area contributed by atoms with Crippen molar-refractivity contribution in [2.75, 3.05) is 0 Å². The molecular formula is C9H10N2O4. The molecule has 0 saturated heterocycles. The number of hydrogen-bond donors (Lipinski definition) is 2. The Labute approximate surface area is 85.5 Å². The fourth-order valence-corrected chi connectivity index (χ4v) is 1.25. The first kappa shape index (κ1) is 11.1. The van der Waals surface area contributed by atoms with Crippen LogP contribution in [0.25, 0.3) is 0 Å². The van der Waals surface area contributed by atoms with Gasteiger partial charge < -0.3 is 10.8 Å². The Morgan fingerprint density at radius 3 is 2.33 bits per heavy atom. The Hall–Kier alpha value is -1.95. The van der Waals surface area contributed by atoms with Crippen LogP contribution >= 0.6 is 0 Å². The summed E-state index contributed by atoms with van der Waals surface area (Å²) in [7, 11) is 0. The number of carboxylic acid groups (broad SMARTS) is 1. The maximum absolute atomic E-state index is 10.7. The third-order valence-corrected chi connectivity index (χ3v) is 1.99. The lowest BCUT2D eigenvalue weighted by molar-refractivity contribution is -0.530. The standard InChI is InChI=1S/C9H10N2O4/c10-7(9(12)13)8(11(14)15)6-4-2-1-3-5-6/h1-5,7-8H,10H2,(H,12,13). The van der Waals surface area contributed by atoms with Crippen LogP contribution in [0, 0.1) is 10.1 Å². The van der Waals surface area contributed by atoms with Crippen LogP contribution in [0.2, 0.25) is 0 Å². The molecule has 80 valence electrons. The molecule has 1 aromatic carbocycles. The predicted molar refractivity (Wildman–Crippen MR) is 51.8 cm³/mol. The van der Waals surface area contributed by atoms with Crippen LogP contribution in [-0.2, 0) is 4.79 Å². The minimum absolute atomic E-state index is 0.289. The molecule has 15 heavy (non-hydrogen) atoms. The first-order valence-corrected chi connectivity index (χ1v) is 4.21. The van der Waals surface area contributed by atoms with Gasteiger partial charge in [-0.2, -0.15) is 0 Å². The van der Waals surface area contributed by atoms with Crippen LogP contribution in [0.3, 0.4) is 0 Å². The summed E-state index contributed by atoms with van der Waals surface area (Å²) >= 11 is 0. The van der Waals surface area contributed by atoms with Gasteiger partial charge in [0, 0.05) is 10.5 Å². The summed E-state index contributed by atoms with van der Waals surface area (Å²) in [6.07, 6.45) is 0. The normalized spacial score (nSPS) is 14.2. The predicted octanol–water partition coefficient (Wildman–Crippen LogP) is 0.416. The molecule has 0 spiro atoms. The van der Waals surface area contributed by atoms with Crippen molar-refractivity contribution in [3.63, 3.8) is 0 Å².